The van der Waals surface area contributed by atoms with Crippen molar-refractivity contribution in [3.8, 4) is 11.5 Å². The molecule has 0 amide bonds. The monoisotopic (exact) mass is 391 g/mol. The van der Waals surface area contributed by atoms with Gasteiger partial charge in [0.05, 0.1) is 17.0 Å². The van der Waals surface area contributed by atoms with E-state index in [2.05, 4.69) is 4.72 Å². The van der Waals surface area contributed by atoms with Gasteiger partial charge in [-0.2, -0.15) is 13.2 Å². The molecular formula is C16H13F4NO4S. The minimum atomic E-state index is -5.00. The maximum atomic E-state index is 13.3. The van der Waals surface area contributed by atoms with Crippen molar-refractivity contribution < 1.29 is 35.5 Å². The Morgan fingerprint density at radius 3 is 2.50 bits per heavy atom. The number of alkyl halides is 3. The molecule has 0 saturated carbocycles. The first-order valence-corrected chi connectivity index (χ1v) is 8.90. The molecule has 26 heavy (non-hydrogen) atoms. The number of halogens is 4. The lowest BCUT2D eigenvalue weighted by atomic mass is 10.2. The van der Waals surface area contributed by atoms with Gasteiger partial charge in [-0.25, -0.2) is 17.5 Å². The van der Waals surface area contributed by atoms with E-state index < -0.39 is 38.6 Å². The predicted molar refractivity (Wildman–Crippen MR) is 82.9 cm³/mol. The molecule has 1 N–H and O–H groups in total. The molecule has 10 heteroatoms. The van der Waals surface area contributed by atoms with Gasteiger partial charge in [0.25, 0.3) is 0 Å². The van der Waals surface area contributed by atoms with Crippen molar-refractivity contribution in [1.82, 2.24) is 4.72 Å². The van der Waals surface area contributed by atoms with Gasteiger partial charge < -0.3 is 9.47 Å². The standard InChI is InChI=1S/C16H13F4NO4S/c17-13-6-5-11(7-12(13)16(18,19)20)26(22,23)21-8-10-9-24-14-3-1-2-4-15(14)25-10/h1-7,10,21H,8-9H2. The van der Waals surface area contributed by atoms with E-state index in [0.717, 1.165) is 6.07 Å². The number of nitrogens with one attached hydrogen (secondary N) is 1. The summed E-state index contributed by atoms with van der Waals surface area (Å²) in [6, 6.07) is 8.28. The van der Waals surface area contributed by atoms with E-state index >= 15 is 0 Å². The topological polar surface area (TPSA) is 64.6 Å². The first-order valence-electron chi connectivity index (χ1n) is 7.42. The lowest BCUT2D eigenvalue weighted by molar-refractivity contribution is -0.140. The number of fused-ring (bicyclic) bond motifs is 1. The molecule has 0 spiro atoms. The maximum absolute atomic E-state index is 13.3. The second-order valence-electron chi connectivity index (χ2n) is 5.49. The van der Waals surface area contributed by atoms with Crippen LogP contribution in [0, 0.1) is 5.82 Å². The van der Waals surface area contributed by atoms with E-state index in [4.69, 9.17) is 9.47 Å². The van der Waals surface area contributed by atoms with Gasteiger partial charge in [-0.3, -0.25) is 0 Å². The molecule has 0 aromatic heterocycles. The minimum Gasteiger partial charge on any atom is -0.486 e. The number of hydrogen-bond acceptors (Lipinski definition) is 4. The molecule has 1 atom stereocenters. The van der Waals surface area contributed by atoms with Crippen LogP contribution in [0.2, 0.25) is 0 Å². The average Bonchev–Trinajstić information content (AvgIpc) is 2.59. The SMILES string of the molecule is O=S(=O)(NCC1COc2ccccc2O1)c1ccc(F)c(C(F)(F)F)c1. The van der Waals surface area contributed by atoms with Gasteiger partial charge in [0.2, 0.25) is 10.0 Å². The Labute approximate surface area is 146 Å². The van der Waals surface area contributed by atoms with Crippen molar-refractivity contribution in [3.05, 3.63) is 53.8 Å². The fourth-order valence-corrected chi connectivity index (χ4v) is 3.43. The van der Waals surface area contributed by atoms with Gasteiger partial charge in [-0.05, 0) is 30.3 Å². The van der Waals surface area contributed by atoms with Crippen LogP contribution in [-0.2, 0) is 16.2 Å². The maximum Gasteiger partial charge on any atom is 0.419 e. The summed E-state index contributed by atoms with van der Waals surface area (Å²) in [6.45, 7) is -0.161. The van der Waals surface area contributed by atoms with Gasteiger partial charge in [0.1, 0.15) is 18.5 Å². The smallest absolute Gasteiger partial charge is 0.419 e. The highest BCUT2D eigenvalue weighted by atomic mass is 32.2. The highest BCUT2D eigenvalue weighted by molar-refractivity contribution is 7.89. The van der Waals surface area contributed by atoms with Crippen LogP contribution in [0.25, 0.3) is 0 Å². The number of para-hydroxylation sites is 2. The second-order valence-corrected chi connectivity index (χ2v) is 7.26. The molecule has 2 aromatic carbocycles. The number of ether oxygens (including phenoxy) is 2. The van der Waals surface area contributed by atoms with Crippen molar-refractivity contribution >= 4 is 10.0 Å². The lowest BCUT2D eigenvalue weighted by Crippen LogP contribution is -2.40. The van der Waals surface area contributed by atoms with Crippen molar-refractivity contribution in [1.29, 1.82) is 0 Å². The third kappa shape index (κ3) is 3.91. The van der Waals surface area contributed by atoms with Gasteiger partial charge in [0, 0.05) is 0 Å². The molecule has 0 bridgehead atoms. The van der Waals surface area contributed by atoms with E-state index in [1.807, 2.05) is 0 Å². The molecule has 0 saturated heterocycles. The number of rotatable bonds is 4. The Kier molecular flexibility index (Phi) is 4.80. The van der Waals surface area contributed by atoms with Crippen LogP contribution in [-0.4, -0.2) is 27.7 Å². The summed E-state index contributed by atoms with van der Waals surface area (Å²) in [7, 11) is -4.29. The molecule has 0 aliphatic carbocycles. The highest BCUT2D eigenvalue weighted by Gasteiger charge is 2.35. The quantitative estimate of drug-likeness (QED) is 0.814. The molecule has 5 nitrogen and oxygen atoms in total. The van der Waals surface area contributed by atoms with Crippen LogP contribution in [0.1, 0.15) is 5.56 Å². The molecule has 1 unspecified atom stereocenters. The minimum absolute atomic E-state index is 0.0662. The molecule has 3 rings (SSSR count). The zero-order valence-corrected chi connectivity index (χ0v) is 13.9. The highest BCUT2D eigenvalue weighted by Crippen LogP contribution is 2.33. The summed E-state index contributed by atoms with van der Waals surface area (Å²) in [5.41, 5.74) is -1.65. The molecule has 2 aromatic rings. The summed E-state index contributed by atoms with van der Waals surface area (Å²) < 4.78 is 89.1. The van der Waals surface area contributed by atoms with Crippen molar-refractivity contribution in [2.45, 2.75) is 17.2 Å². The summed E-state index contributed by atoms with van der Waals surface area (Å²) in [4.78, 5) is -0.691. The normalized spacial score (nSPS) is 17.2. The van der Waals surface area contributed by atoms with Crippen molar-refractivity contribution in [3.63, 3.8) is 0 Å². The number of hydrogen-bond donors (Lipinski definition) is 1. The van der Waals surface area contributed by atoms with Gasteiger partial charge in [-0.15, -0.1) is 0 Å². The van der Waals surface area contributed by atoms with Crippen LogP contribution >= 0.6 is 0 Å². The van der Waals surface area contributed by atoms with Crippen LogP contribution in [0.4, 0.5) is 17.6 Å². The van der Waals surface area contributed by atoms with E-state index in [-0.39, 0.29) is 19.2 Å². The van der Waals surface area contributed by atoms with Gasteiger partial charge >= 0.3 is 6.18 Å². The first kappa shape index (κ1) is 18.5. The zero-order valence-electron chi connectivity index (χ0n) is 13.1. The number of sulfonamides is 1. The fourth-order valence-electron chi connectivity index (χ4n) is 2.34. The third-order valence-electron chi connectivity index (χ3n) is 3.62. The molecule has 1 aliphatic heterocycles. The Balaban J connectivity index is 1.72. The largest absolute Gasteiger partial charge is 0.486 e. The Morgan fingerprint density at radius 2 is 1.81 bits per heavy atom. The van der Waals surface area contributed by atoms with E-state index in [0.29, 0.717) is 17.6 Å². The van der Waals surface area contributed by atoms with Gasteiger partial charge in [-0.1, -0.05) is 12.1 Å². The van der Waals surface area contributed by atoms with Crippen LogP contribution in [0.3, 0.4) is 0 Å². The summed E-state index contributed by atoms with van der Waals surface area (Å²) in [5, 5.41) is 0. The zero-order chi connectivity index (χ0) is 18.9. The second kappa shape index (κ2) is 6.76. The third-order valence-corrected chi connectivity index (χ3v) is 5.04. The summed E-state index contributed by atoms with van der Waals surface area (Å²) >= 11 is 0. The van der Waals surface area contributed by atoms with Crippen molar-refractivity contribution in [2.75, 3.05) is 13.2 Å². The Bertz CT molecular complexity index is 915. The lowest BCUT2D eigenvalue weighted by Gasteiger charge is -2.26. The average molecular weight is 391 g/mol. The Morgan fingerprint density at radius 1 is 1.12 bits per heavy atom. The van der Waals surface area contributed by atoms with Crippen LogP contribution in [0.15, 0.2) is 47.4 Å². The Hall–Kier alpha value is -2.33. The van der Waals surface area contributed by atoms with Crippen LogP contribution < -0.4 is 14.2 Å². The van der Waals surface area contributed by atoms with E-state index in [1.54, 1.807) is 24.3 Å². The molecule has 1 heterocycles. The van der Waals surface area contributed by atoms with E-state index in [1.165, 1.54) is 0 Å². The van der Waals surface area contributed by atoms with Gasteiger partial charge in [0.15, 0.2) is 11.5 Å². The summed E-state index contributed by atoms with van der Waals surface area (Å²) in [6.07, 6.45) is -5.66. The molecular weight excluding hydrogens is 378 g/mol. The fraction of sp³-hybridized carbons (Fsp3) is 0.250. The summed E-state index contributed by atoms with van der Waals surface area (Å²) in [5.74, 6) is -0.596. The van der Waals surface area contributed by atoms with Crippen LogP contribution in [0.5, 0.6) is 11.5 Å². The predicted octanol–water partition coefficient (Wildman–Crippen LogP) is 2.96. The first-order chi connectivity index (χ1) is 12.2. The molecule has 0 radical (unpaired) electrons. The molecule has 1 aliphatic rings. The number of benzene rings is 2. The van der Waals surface area contributed by atoms with E-state index in [9.17, 15) is 26.0 Å². The molecule has 140 valence electrons. The molecule has 0 fully saturated rings. The van der Waals surface area contributed by atoms with Crippen molar-refractivity contribution in [2.24, 2.45) is 0 Å².